The number of anilines is 1. The Labute approximate surface area is 157 Å². The number of ether oxygens (including phenoxy) is 1. The van der Waals surface area contributed by atoms with E-state index < -0.39 is 6.10 Å². The smallest absolute Gasteiger partial charge is 0.261 e. The lowest BCUT2D eigenvalue weighted by Gasteiger charge is -2.17. The molecule has 1 heterocycles. The number of halogens is 1. The van der Waals surface area contributed by atoms with Crippen molar-refractivity contribution in [2.45, 2.75) is 32.4 Å². The third-order valence-corrected chi connectivity index (χ3v) is 4.61. The van der Waals surface area contributed by atoms with Gasteiger partial charge in [-0.1, -0.05) is 35.9 Å². The van der Waals surface area contributed by atoms with Crippen molar-refractivity contribution in [3.8, 4) is 5.75 Å². The van der Waals surface area contributed by atoms with Crippen molar-refractivity contribution in [2.75, 3.05) is 11.4 Å². The van der Waals surface area contributed by atoms with Crippen LogP contribution in [0.1, 0.15) is 25.3 Å². The first kappa shape index (κ1) is 18.3. The first-order chi connectivity index (χ1) is 12.5. The van der Waals surface area contributed by atoms with Gasteiger partial charge in [0.05, 0.1) is 5.02 Å². The number of para-hydroxylation sites is 1. The quantitative estimate of drug-likeness (QED) is 0.843. The molecule has 26 heavy (non-hydrogen) atoms. The number of rotatable bonds is 6. The predicted molar refractivity (Wildman–Crippen MR) is 101 cm³/mol. The Bertz CT molecular complexity index is 792. The highest BCUT2D eigenvalue weighted by atomic mass is 35.5. The summed E-state index contributed by atoms with van der Waals surface area (Å²) in [5.74, 6) is 0.428. The maximum absolute atomic E-state index is 12.2. The van der Waals surface area contributed by atoms with E-state index in [0.717, 1.165) is 24.2 Å². The zero-order chi connectivity index (χ0) is 18.5. The van der Waals surface area contributed by atoms with E-state index in [0.29, 0.717) is 23.7 Å². The molecular weight excluding hydrogens is 352 g/mol. The summed E-state index contributed by atoms with van der Waals surface area (Å²) < 4.78 is 5.61. The van der Waals surface area contributed by atoms with Crippen molar-refractivity contribution in [1.82, 2.24) is 5.32 Å². The molecule has 1 aliphatic rings. The SMILES string of the molecule is CC(Oc1ccccc1Cl)C(=O)NCc1ccc(N2CCCC2=O)cc1. The van der Waals surface area contributed by atoms with Gasteiger partial charge < -0.3 is 15.0 Å². The molecule has 1 aliphatic heterocycles. The maximum atomic E-state index is 12.2. The summed E-state index contributed by atoms with van der Waals surface area (Å²) in [7, 11) is 0. The fourth-order valence-electron chi connectivity index (χ4n) is 2.83. The lowest BCUT2D eigenvalue weighted by molar-refractivity contribution is -0.127. The lowest BCUT2D eigenvalue weighted by atomic mass is 10.2. The molecule has 1 atom stereocenters. The highest BCUT2D eigenvalue weighted by Crippen LogP contribution is 2.24. The van der Waals surface area contributed by atoms with Gasteiger partial charge in [0.2, 0.25) is 5.91 Å². The van der Waals surface area contributed by atoms with Crippen molar-refractivity contribution in [2.24, 2.45) is 0 Å². The average molecular weight is 373 g/mol. The van der Waals surface area contributed by atoms with E-state index in [-0.39, 0.29) is 11.8 Å². The molecule has 1 N–H and O–H groups in total. The second-order valence-electron chi connectivity index (χ2n) is 6.22. The molecule has 2 aromatic rings. The van der Waals surface area contributed by atoms with E-state index in [1.807, 2.05) is 24.3 Å². The van der Waals surface area contributed by atoms with Crippen molar-refractivity contribution in [1.29, 1.82) is 0 Å². The van der Waals surface area contributed by atoms with E-state index in [1.54, 1.807) is 36.1 Å². The van der Waals surface area contributed by atoms with Gasteiger partial charge in [-0.05, 0) is 43.2 Å². The fraction of sp³-hybridized carbons (Fsp3) is 0.300. The fourth-order valence-corrected chi connectivity index (χ4v) is 3.01. The van der Waals surface area contributed by atoms with E-state index in [9.17, 15) is 9.59 Å². The van der Waals surface area contributed by atoms with Gasteiger partial charge in [0.25, 0.3) is 5.91 Å². The van der Waals surface area contributed by atoms with Crippen LogP contribution in [0.5, 0.6) is 5.75 Å². The van der Waals surface area contributed by atoms with Crippen molar-refractivity contribution >= 4 is 29.1 Å². The number of hydrogen-bond acceptors (Lipinski definition) is 3. The normalized spacial score (nSPS) is 15.0. The summed E-state index contributed by atoms with van der Waals surface area (Å²) in [6.45, 7) is 2.84. The molecule has 0 bridgehead atoms. The first-order valence-electron chi connectivity index (χ1n) is 8.63. The minimum atomic E-state index is -0.656. The van der Waals surface area contributed by atoms with E-state index >= 15 is 0 Å². The van der Waals surface area contributed by atoms with Gasteiger partial charge in [-0.25, -0.2) is 0 Å². The first-order valence-corrected chi connectivity index (χ1v) is 9.00. The molecule has 1 saturated heterocycles. The summed E-state index contributed by atoms with van der Waals surface area (Å²) in [4.78, 5) is 25.8. The number of nitrogens with zero attached hydrogens (tertiary/aromatic N) is 1. The summed E-state index contributed by atoms with van der Waals surface area (Å²) >= 11 is 6.04. The van der Waals surface area contributed by atoms with Gasteiger partial charge in [-0.3, -0.25) is 9.59 Å². The standard InChI is InChI=1S/C20H21ClN2O3/c1-14(26-18-6-3-2-5-17(18)21)20(25)22-13-15-8-10-16(11-9-15)23-12-4-7-19(23)24/h2-3,5-6,8-11,14H,4,7,12-13H2,1H3,(H,22,25). The minimum Gasteiger partial charge on any atom is -0.479 e. The Morgan fingerprint density at radius 1 is 1.23 bits per heavy atom. The van der Waals surface area contributed by atoms with Crippen LogP contribution in [0.25, 0.3) is 0 Å². The topological polar surface area (TPSA) is 58.6 Å². The zero-order valence-corrected chi connectivity index (χ0v) is 15.3. The van der Waals surface area contributed by atoms with Crippen LogP contribution in [-0.4, -0.2) is 24.5 Å². The number of nitrogens with one attached hydrogen (secondary N) is 1. The second-order valence-corrected chi connectivity index (χ2v) is 6.63. The molecule has 6 heteroatoms. The largest absolute Gasteiger partial charge is 0.479 e. The Hall–Kier alpha value is -2.53. The van der Waals surface area contributed by atoms with Crippen LogP contribution in [0.2, 0.25) is 5.02 Å². The Morgan fingerprint density at radius 3 is 2.62 bits per heavy atom. The molecule has 3 rings (SSSR count). The second kappa shape index (κ2) is 8.23. The molecule has 136 valence electrons. The molecule has 0 aliphatic carbocycles. The van der Waals surface area contributed by atoms with Crippen LogP contribution in [0.4, 0.5) is 5.69 Å². The maximum Gasteiger partial charge on any atom is 0.261 e. The van der Waals surface area contributed by atoms with Crippen molar-refractivity contribution in [3.63, 3.8) is 0 Å². The Kier molecular flexibility index (Phi) is 5.78. The minimum absolute atomic E-state index is 0.164. The van der Waals surface area contributed by atoms with E-state index in [4.69, 9.17) is 16.3 Å². The molecule has 0 aromatic heterocycles. The number of carbonyl (C=O) groups excluding carboxylic acids is 2. The molecule has 1 unspecified atom stereocenters. The van der Waals surface area contributed by atoms with Crippen LogP contribution in [0.15, 0.2) is 48.5 Å². The number of carbonyl (C=O) groups is 2. The van der Waals surface area contributed by atoms with Gasteiger partial charge in [0.1, 0.15) is 5.75 Å². The summed E-state index contributed by atoms with van der Waals surface area (Å²) in [5, 5.41) is 3.32. The molecule has 5 nitrogen and oxygen atoms in total. The lowest BCUT2D eigenvalue weighted by Crippen LogP contribution is -2.36. The third-order valence-electron chi connectivity index (χ3n) is 4.30. The molecule has 1 fully saturated rings. The molecule has 2 amide bonds. The number of amides is 2. The van der Waals surface area contributed by atoms with Crippen LogP contribution in [-0.2, 0) is 16.1 Å². The van der Waals surface area contributed by atoms with Crippen LogP contribution in [0, 0.1) is 0 Å². The van der Waals surface area contributed by atoms with Gasteiger partial charge in [-0.2, -0.15) is 0 Å². The highest BCUT2D eigenvalue weighted by Gasteiger charge is 2.21. The summed E-state index contributed by atoms with van der Waals surface area (Å²) in [6, 6.07) is 14.7. The molecule has 2 aromatic carbocycles. The highest BCUT2D eigenvalue weighted by molar-refractivity contribution is 6.32. The molecule has 0 saturated carbocycles. The molecular formula is C20H21ClN2O3. The predicted octanol–water partition coefficient (Wildman–Crippen LogP) is 3.55. The van der Waals surface area contributed by atoms with Gasteiger partial charge in [-0.15, -0.1) is 0 Å². The van der Waals surface area contributed by atoms with Gasteiger partial charge in [0, 0.05) is 25.2 Å². The number of hydrogen-bond donors (Lipinski definition) is 1. The summed E-state index contributed by atoms with van der Waals surface area (Å²) in [6.07, 6.45) is 0.859. The average Bonchev–Trinajstić information content (AvgIpc) is 3.08. The Balaban J connectivity index is 1.52. The van der Waals surface area contributed by atoms with Crippen LogP contribution < -0.4 is 15.0 Å². The van der Waals surface area contributed by atoms with Crippen LogP contribution in [0.3, 0.4) is 0 Å². The van der Waals surface area contributed by atoms with E-state index in [1.165, 1.54) is 0 Å². The van der Waals surface area contributed by atoms with Crippen molar-refractivity contribution in [3.05, 3.63) is 59.1 Å². The van der Waals surface area contributed by atoms with Gasteiger partial charge in [0.15, 0.2) is 6.10 Å². The van der Waals surface area contributed by atoms with Gasteiger partial charge >= 0.3 is 0 Å². The van der Waals surface area contributed by atoms with E-state index in [2.05, 4.69) is 5.32 Å². The molecule has 0 radical (unpaired) electrons. The summed E-state index contributed by atoms with van der Waals surface area (Å²) in [5.41, 5.74) is 1.86. The molecule has 0 spiro atoms. The third kappa shape index (κ3) is 4.35. The monoisotopic (exact) mass is 372 g/mol. The zero-order valence-electron chi connectivity index (χ0n) is 14.6. The van der Waals surface area contributed by atoms with Crippen molar-refractivity contribution < 1.29 is 14.3 Å². The Morgan fingerprint density at radius 2 is 1.96 bits per heavy atom. The van der Waals surface area contributed by atoms with Crippen LogP contribution >= 0.6 is 11.6 Å². The number of benzene rings is 2.